The molecule has 0 aliphatic carbocycles. The largest absolute Gasteiger partial charge is 0.511 e. The van der Waals surface area contributed by atoms with Crippen molar-refractivity contribution in [2.45, 2.75) is 145 Å². The first-order valence-corrected chi connectivity index (χ1v) is 26.4. The number of nitrogens with one attached hydrogen (secondary N) is 1. The topological polar surface area (TPSA) is 198 Å². The maximum atomic E-state index is 12.5. The number of ether oxygens (including phenoxy) is 6. The molecule has 16 heteroatoms. The predicted molar refractivity (Wildman–Crippen MR) is 302 cm³/mol. The summed E-state index contributed by atoms with van der Waals surface area (Å²) in [4.78, 5) is 20.8. The van der Waals surface area contributed by atoms with Crippen LogP contribution >= 0.6 is 23.2 Å². The molecule has 0 saturated carbocycles. The second-order valence-electron chi connectivity index (χ2n) is 21.2. The molecule has 0 unspecified atom stereocenters. The molecule has 0 aliphatic heterocycles. The van der Waals surface area contributed by atoms with Gasteiger partial charge in [0.25, 0.3) is 0 Å². The fourth-order valence-corrected chi connectivity index (χ4v) is 9.52. The fourth-order valence-electron chi connectivity index (χ4n) is 9.04. The van der Waals surface area contributed by atoms with Gasteiger partial charge >= 0.3 is 5.97 Å². The number of halogens is 2. The van der Waals surface area contributed by atoms with Gasteiger partial charge in [-0.1, -0.05) is 66.2 Å². The smallest absolute Gasteiger partial charge is 0.309 e. The Kier molecular flexibility index (Phi) is 20.7. The van der Waals surface area contributed by atoms with Crippen LogP contribution in [-0.2, 0) is 53.7 Å². The minimum absolute atomic E-state index is 0.0741. The molecule has 14 nitrogen and oxygen atoms in total. The van der Waals surface area contributed by atoms with Crippen molar-refractivity contribution < 1.29 is 43.4 Å². The van der Waals surface area contributed by atoms with E-state index in [-0.39, 0.29) is 45.2 Å². The Hall–Kier alpha value is -7.17. The highest BCUT2D eigenvalue weighted by Crippen LogP contribution is 2.38. The van der Waals surface area contributed by atoms with E-state index < -0.39 is 41.3 Å². The van der Waals surface area contributed by atoms with Crippen molar-refractivity contribution in [1.82, 2.24) is 15.3 Å². The number of hydrogen-bond acceptors (Lipinski definition) is 13. The van der Waals surface area contributed by atoms with Gasteiger partial charge in [-0.3, -0.25) is 14.8 Å². The molecule has 6 rings (SSSR count). The minimum Gasteiger partial charge on any atom is -0.511 e. The van der Waals surface area contributed by atoms with E-state index in [1.807, 2.05) is 86.6 Å². The van der Waals surface area contributed by atoms with Gasteiger partial charge < -0.3 is 44.0 Å². The molecule has 0 aliphatic rings. The number of aliphatic carboxylic acids is 1. The molecular weight excluding hydrogens is 1030 g/mol. The summed E-state index contributed by atoms with van der Waals surface area (Å²) in [5.74, 6) is -0.134. The first-order valence-electron chi connectivity index (χ1n) is 25.6. The molecule has 410 valence electrons. The summed E-state index contributed by atoms with van der Waals surface area (Å²) in [6.45, 7) is 23.8. The van der Waals surface area contributed by atoms with Crippen LogP contribution in [0.3, 0.4) is 0 Å². The van der Waals surface area contributed by atoms with Crippen LogP contribution in [0.15, 0.2) is 110 Å². The molecule has 4 aromatic carbocycles. The summed E-state index contributed by atoms with van der Waals surface area (Å²) in [6, 6.07) is 26.1. The third-order valence-corrected chi connectivity index (χ3v) is 13.4. The van der Waals surface area contributed by atoms with Crippen LogP contribution in [0.25, 0.3) is 11.1 Å². The van der Waals surface area contributed by atoms with Crippen molar-refractivity contribution >= 4 is 29.2 Å². The lowest BCUT2D eigenvalue weighted by molar-refractivity contribution is -0.152. The number of nitrogens with zero attached hydrogens (tertiary/aromatic N) is 4. The highest BCUT2D eigenvalue weighted by molar-refractivity contribution is 6.32. The highest BCUT2D eigenvalue weighted by Gasteiger charge is 2.30. The van der Waals surface area contributed by atoms with Gasteiger partial charge in [-0.25, -0.2) is 0 Å². The van der Waals surface area contributed by atoms with E-state index in [4.69, 9.17) is 51.6 Å². The molecule has 3 N–H and O–H groups in total. The lowest BCUT2D eigenvalue weighted by atomic mass is 9.92. The van der Waals surface area contributed by atoms with E-state index in [2.05, 4.69) is 46.1 Å². The maximum absolute atomic E-state index is 12.5. The summed E-state index contributed by atoms with van der Waals surface area (Å²) >= 11 is 13.9. The number of aliphatic hydroxyl groups is 1. The van der Waals surface area contributed by atoms with E-state index in [1.54, 1.807) is 55.7 Å². The first-order chi connectivity index (χ1) is 36.9. The number of nitriles is 2. The van der Waals surface area contributed by atoms with Crippen LogP contribution in [0, 0.1) is 42.4 Å². The third kappa shape index (κ3) is 16.9. The zero-order chi connectivity index (χ0) is 56.9. The van der Waals surface area contributed by atoms with Gasteiger partial charge in [0.05, 0.1) is 56.5 Å². The Labute approximate surface area is 468 Å². The molecule has 0 fully saturated rings. The molecular formula is C62H69Cl2N5O9. The van der Waals surface area contributed by atoms with Crippen molar-refractivity contribution in [2.24, 2.45) is 5.92 Å². The number of benzene rings is 4. The number of carboxylic acid groups (broad SMARTS) is 1. The number of carboxylic acids is 1. The van der Waals surface area contributed by atoms with E-state index in [0.29, 0.717) is 72.8 Å². The monoisotopic (exact) mass is 1100 g/mol. The molecule has 0 saturated heterocycles. The van der Waals surface area contributed by atoms with Crippen molar-refractivity contribution in [1.29, 1.82) is 10.5 Å². The second kappa shape index (κ2) is 26.9. The average molecular weight is 1100 g/mol. The van der Waals surface area contributed by atoms with Crippen molar-refractivity contribution in [2.75, 3.05) is 0 Å². The quantitative estimate of drug-likeness (QED) is 0.0458. The van der Waals surface area contributed by atoms with Crippen molar-refractivity contribution in [3.63, 3.8) is 0 Å². The number of aliphatic hydroxyl groups excluding tert-OH is 1. The SMILES string of the molecule is C=C(O)[C@@H](NCc1cc(Cl)c(OCc2cccc(-c3cccc(COc4cc(OCc5cncc(C#N)c5)c(CC[C@H](C(=O)O)[C@@H](C)OC(C)(C)C)cc4Cl)c3C)c2C)cc1OCc1cncc(C#N)c1)[C@@H](C)OC(C)(C)C. The first kappa shape index (κ1) is 60.1. The fraction of sp³-hybridized carbons (Fsp3) is 0.371. The van der Waals surface area contributed by atoms with Crippen LogP contribution < -0.4 is 24.3 Å². The normalized spacial score (nSPS) is 13.1. The zero-order valence-corrected chi connectivity index (χ0v) is 47.5. The lowest BCUT2D eigenvalue weighted by Gasteiger charge is -2.31. The van der Waals surface area contributed by atoms with Crippen LogP contribution in [0.4, 0.5) is 0 Å². The number of pyridine rings is 2. The number of aromatic nitrogens is 2. The molecule has 0 spiro atoms. The number of rotatable bonds is 25. The van der Waals surface area contributed by atoms with Crippen molar-refractivity contribution in [3.05, 3.63) is 176 Å². The van der Waals surface area contributed by atoms with Crippen LogP contribution in [-0.4, -0.2) is 55.6 Å². The van der Waals surface area contributed by atoms with E-state index in [9.17, 15) is 25.5 Å². The summed E-state index contributed by atoms with van der Waals surface area (Å²) in [5.41, 5.74) is 8.41. The molecule has 4 atom stereocenters. The zero-order valence-electron chi connectivity index (χ0n) is 46.0. The average Bonchev–Trinajstić information content (AvgIpc) is 3.46. The summed E-state index contributed by atoms with van der Waals surface area (Å²) in [6.07, 6.45) is 5.84. The number of carbonyl (C=O) groups is 1. The molecule has 78 heavy (non-hydrogen) atoms. The molecule has 2 heterocycles. The van der Waals surface area contributed by atoms with Gasteiger partial charge in [0.15, 0.2) is 0 Å². The maximum Gasteiger partial charge on any atom is 0.309 e. The Morgan fingerprint density at radius 2 is 1.09 bits per heavy atom. The second-order valence-corrected chi connectivity index (χ2v) is 22.0. The molecule has 0 amide bonds. The Morgan fingerprint density at radius 1 is 0.641 bits per heavy atom. The molecule has 6 aromatic rings. The van der Waals surface area contributed by atoms with Gasteiger partial charge in [0.1, 0.15) is 67.3 Å². The van der Waals surface area contributed by atoms with Crippen LogP contribution in [0.2, 0.25) is 10.0 Å². The molecule has 0 radical (unpaired) electrons. The highest BCUT2D eigenvalue weighted by atomic mass is 35.5. The van der Waals surface area contributed by atoms with E-state index in [0.717, 1.165) is 33.4 Å². The molecule has 2 aromatic heterocycles. The van der Waals surface area contributed by atoms with E-state index in [1.165, 1.54) is 12.4 Å². The summed E-state index contributed by atoms with van der Waals surface area (Å²) < 4.78 is 37.9. The van der Waals surface area contributed by atoms with Gasteiger partial charge in [-0.05, 0) is 145 Å². The predicted octanol–water partition coefficient (Wildman–Crippen LogP) is 13.7. The number of hydrogen-bond donors (Lipinski definition) is 3. The van der Waals surface area contributed by atoms with Crippen molar-refractivity contribution in [3.8, 4) is 46.3 Å². The van der Waals surface area contributed by atoms with E-state index >= 15 is 0 Å². The third-order valence-electron chi connectivity index (χ3n) is 12.8. The van der Waals surface area contributed by atoms with Gasteiger partial charge in [-0.2, -0.15) is 10.5 Å². The Bertz CT molecular complexity index is 2960. The van der Waals surface area contributed by atoms with Crippen LogP contribution in [0.1, 0.15) is 117 Å². The van der Waals surface area contributed by atoms with Crippen LogP contribution in [0.5, 0.6) is 23.0 Å². The summed E-state index contributed by atoms with van der Waals surface area (Å²) in [7, 11) is 0. The number of aryl methyl sites for hydroxylation is 1. The molecule has 0 bridgehead atoms. The Morgan fingerprint density at radius 3 is 1.54 bits per heavy atom. The van der Waals surface area contributed by atoms with Gasteiger partial charge in [0.2, 0.25) is 0 Å². The Balaban J connectivity index is 1.22. The minimum atomic E-state index is -0.959. The standard InChI is InChI=1S/C62H69Cl2N5O9/c1-37-47(35-75-57-24-55(73-33-44-20-42(26-65)28-67-30-44)46(22-53(57)63)18-19-52(60(71)72)40(4)77-61(6,7)8)14-12-16-50(37)51-17-13-15-48(38(51)2)36-76-58-25-56(74-34-45-21-43(27-66)29-68-31-45)49(23-54(58)64)32-69-59(39(3)70)41(5)78-62(9,10)11/h12-17,20-25,28-31,40-41,52,59,69-70H,3,18-19,32-36H2,1-2,4-11H3,(H,71,72)/t40-,41-,52+,59-/m1/s1. The lowest BCUT2D eigenvalue weighted by Crippen LogP contribution is -2.43. The van der Waals surface area contributed by atoms with Gasteiger partial charge in [-0.15, -0.1) is 0 Å². The van der Waals surface area contributed by atoms with Gasteiger partial charge in [0, 0.05) is 60.2 Å². The summed E-state index contributed by atoms with van der Waals surface area (Å²) in [5, 5.41) is 43.8.